The van der Waals surface area contributed by atoms with Crippen LogP contribution >= 0.6 is 12.4 Å². The van der Waals surface area contributed by atoms with Gasteiger partial charge >= 0.3 is 0 Å². The van der Waals surface area contributed by atoms with Crippen molar-refractivity contribution in [1.29, 1.82) is 0 Å². The number of benzene rings is 1. The van der Waals surface area contributed by atoms with Crippen LogP contribution in [0.15, 0.2) is 24.8 Å². The van der Waals surface area contributed by atoms with Crippen molar-refractivity contribution < 1.29 is 13.2 Å². The average Bonchev–Trinajstić information content (AvgIpc) is 2.12. The van der Waals surface area contributed by atoms with Crippen molar-refractivity contribution in [2.45, 2.75) is 6.04 Å². The number of nitrogens with two attached hydrogens (primary N) is 1. The molecule has 1 aromatic rings. The lowest BCUT2D eigenvalue weighted by molar-refractivity contribution is 0.444. The van der Waals surface area contributed by atoms with Crippen LogP contribution in [-0.2, 0) is 0 Å². The van der Waals surface area contributed by atoms with Crippen LogP contribution in [-0.4, -0.2) is 0 Å². The summed E-state index contributed by atoms with van der Waals surface area (Å²) in [6, 6.07) is 1.01. The Labute approximate surface area is 85.8 Å². The van der Waals surface area contributed by atoms with Crippen LogP contribution in [0.5, 0.6) is 0 Å². The fourth-order valence-electron chi connectivity index (χ4n) is 0.904. The van der Waals surface area contributed by atoms with Crippen LogP contribution in [0.25, 0.3) is 0 Å². The minimum absolute atomic E-state index is 0. The fourth-order valence-corrected chi connectivity index (χ4v) is 0.904. The number of halogens is 4. The first-order chi connectivity index (χ1) is 6.06. The molecule has 1 rings (SSSR count). The number of rotatable bonds is 2. The molecule has 1 nitrogen and oxygen atoms in total. The van der Waals surface area contributed by atoms with Gasteiger partial charge in [-0.05, 0) is 17.7 Å². The molecular weight excluding hydrogens is 215 g/mol. The summed E-state index contributed by atoms with van der Waals surface area (Å²) >= 11 is 0. The van der Waals surface area contributed by atoms with Gasteiger partial charge in [-0.15, -0.1) is 19.0 Å². The SMILES string of the molecule is C=C[C@H](N)c1cc(F)c(F)c(F)c1.Cl. The summed E-state index contributed by atoms with van der Waals surface area (Å²) in [7, 11) is 0. The molecule has 0 fully saturated rings. The van der Waals surface area contributed by atoms with Gasteiger partial charge in [0.2, 0.25) is 0 Å². The van der Waals surface area contributed by atoms with Crippen molar-refractivity contribution in [2.75, 3.05) is 0 Å². The molecule has 0 bridgehead atoms. The zero-order valence-corrected chi connectivity index (χ0v) is 7.95. The van der Waals surface area contributed by atoms with E-state index >= 15 is 0 Å². The molecule has 1 aromatic carbocycles. The van der Waals surface area contributed by atoms with Crippen LogP contribution < -0.4 is 5.73 Å². The summed E-state index contributed by atoms with van der Waals surface area (Å²) in [6.45, 7) is 3.36. The third-order valence-electron chi connectivity index (χ3n) is 1.64. The van der Waals surface area contributed by atoms with E-state index in [1.54, 1.807) is 0 Å². The first-order valence-electron chi connectivity index (χ1n) is 3.59. The molecule has 0 saturated carbocycles. The van der Waals surface area contributed by atoms with E-state index < -0.39 is 23.5 Å². The topological polar surface area (TPSA) is 26.0 Å². The van der Waals surface area contributed by atoms with Crippen molar-refractivity contribution in [3.05, 3.63) is 47.8 Å². The number of hydrogen-bond acceptors (Lipinski definition) is 1. The summed E-state index contributed by atoms with van der Waals surface area (Å²) in [5, 5.41) is 0. The standard InChI is InChI=1S/C9H8F3N.ClH/c1-2-8(13)5-3-6(10)9(12)7(11)4-5;/h2-4,8H,1,13H2;1H/t8-;/m0./s1. The Morgan fingerprint density at radius 3 is 2.00 bits per heavy atom. The molecule has 0 aromatic heterocycles. The van der Waals surface area contributed by atoms with Gasteiger partial charge < -0.3 is 5.73 Å². The molecule has 0 aliphatic rings. The second kappa shape index (κ2) is 5.02. The molecule has 78 valence electrons. The quantitative estimate of drug-likeness (QED) is 0.606. The van der Waals surface area contributed by atoms with Gasteiger partial charge in [0.1, 0.15) is 0 Å². The molecular formula is C9H9ClF3N. The highest BCUT2D eigenvalue weighted by Gasteiger charge is 2.12. The van der Waals surface area contributed by atoms with E-state index in [0.29, 0.717) is 0 Å². The molecule has 0 saturated heterocycles. The predicted octanol–water partition coefficient (Wildman–Crippen LogP) is 2.71. The van der Waals surface area contributed by atoms with Crippen LogP contribution in [0.4, 0.5) is 13.2 Å². The van der Waals surface area contributed by atoms with Gasteiger partial charge in [0.25, 0.3) is 0 Å². The minimum atomic E-state index is -1.49. The Bertz CT molecular complexity index is 318. The highest BCUT2D eigenvalue weighted by Crippen LogP contribution is 2.18. The van der Waals surface area contributed by atoms with E-state index in [2.05, 4.69) is 6.58 Å². The highest BCUT2D eigenvalue weighted by atomic mass is 35.5. The molecule has 14 heavy (non-hydrogen) atoms. The smallest absolute Gasteiger partial charge is 0.194 e. The van der Waals surface area contributed by atoms with Gasteiger partial charge in [-0.1, -0.05) is 6.08 Å². The van der Waals surface area contributed by atoms with Gasteiger partial charge in [0.05, 0.1) is 0 Å². The van der Waals surface area contributed by atoms with Crippen LogP contribution in [0, 0.1) is 17.5 Å². The van der Waals surface area contributed by atoms with Gasteiger partial charge in [0, 0.05) is 6.04 Å². The first kappa shape index (κ1) is 13.0. The Morgan fingerprint density at radius 1 is 1.21 bits per heavy atom. The molecule has 1 atom stereocenters. The van der Waals surface area contributed by atoms with E-state index in [9.17, 15) is 13.2 Å². The van der Waals surface area contributed by atoms with Crippen molar-refractivity contribution >= 4 is 12.4 Å². The summed E-state index contributed by atoms with van der Waals surface area (Å²) < 4.78 is 37.7. The maximum absolute atomic E-state index is 12.6. The van der Waals surface area contributed by atoms with Crippen LogP contribution in [0.3, 0.4) is 0 Å². The Kier molecular flexibility index (Phi) is 4.67. The van der Waals surface area contributed by atoms with E-state index in [1.165, 1.54) is 6.08 Å². The predicted molar refractivity (Wildman–Crippen MR) is 50.7 cm³/mol. The van der Waals surface area contributed by atoms with E-state index in [-0.39, 0.29) is 18.0 Å². The highest BCUT2D eigenvalue weighted by molar-refractivity contribution is 5.85. The molecule has 0 spiro atoms. The lowest BCUT2D eigenvalue weighted by Crippen LogP contribution is -2.08. The maximum Gasteiger partial charge on any atom is 0.194 e. The third-order valence-corrected chi connectivity index (χ3v) is 1.64. The molecule has 0 aliphatic heterocycles. The molecule has 5 heteroatoms. The Hall–Kier alpha value is -1.00. The lowest BCUT2D eigenvalue weighted by atomic mass is 10.1. The van der Waals surface area contributed by atoms with E-state index in [1.807, 2.05) is 0 Å². The van der Waals surface area contributed by atoms with E-state index in [0.717, 1.165) is 12.1 Å². The van der Waals surface area contributed by atoms with Crippen molar-refractivity contribution in [3.63, 3.8) is 0 Å². The molecule has 0 heterocycles. The monoisotopic (exact) mass is 223 g/mol. The third kappa shape index (κ3) is 2.49. The lowest BCUT2D eigenvalue weighted by Gasteiger charge is -2.06. The normalized spacial score (nSPS) is 11.7. The summed E-state index contributed by atoms with van der Waals surface area (Å²) in [5.74, 6) is -3.97. The second-order valence-corrected chi connectivity index (χ2v) is 2.56. The zero-order valence-electron chi connectivity index (χ0n) is 7.14. The zero-order chi connectivity index (χ0) is 10.0. The molecule has 0 aliphatic carbocycles. The first-order valence-corrected chi connectivity index (χ1v) is 3.59. The van der Waals surface area contributed by atoms with Crippen molar-refractivity contribution in [1.82, 2.24) is 0 Å². The number of hydrogen-bond donors (Lipinski definition) is 1. The second-order valence-electron chi connectivity index (χ2n) is 2.56. The molecule has 0 radical (unpaired) electrons. The van der Waals surface area contributed by atoms with E-state index in [4.69, 9.17) is 5.73 Å². The molecule has 2 N–H and O–H groups in total. The van der Waals surface area contributed by atoms with Gasteiger partial charge in [-0.3, -0.25) is 0 Å². The summed E-state index contributed by atoms with van der Waals surface area (Å²) in [4.78, 5) is 0. The Morgan fingerprint density at radius 2 is 1.64 bits per heavy atom. The fraction of sp³-hybridized carbons (Fsp3) is 0.111. The van der Waals surface area contributed by atoms with Crippen LogP contribution in [0.2, 0.25) is 0 Å². The minimum Gasteiger partial charge on any atom is -0.321 e. The van der Waals surface area contributed by atoms with Gasteiger partial charge in [0.15, 0.2) is 17.5 Å². The Balaban J connectivity index is 0.00000169. The van der Waals surface area contributed by atoms with Crippen molar-refractivity contribution in [2.24, 2.45) is 5.73 Å². The van der Waals surface area contributed by atoms with Crippen LogP contribution in [0.1, 0.15) is 11.6 Å². The van der Waals surface area contributed by atoms with Gasteiger partial charge in [-0.2, -0.15) is 0 Å². The summed E-state index contributed by atoms with van der Waals surface area (Å²) in [5.41, 5.74) is 5.57. The van der Waals surface area contributed by atoms with Crippen molar-refractivity contribution in [3.8, 4) is 0 Å². The average molecular weight is 224 g/mol. The maximum atomic E-state index is 12.6. The summed E-state index contributed by atoms with van der Waals surface area (Å²) in [6.07, 6.45) is 1.31. The molecule has 0 unspecified atom stereocenters. The molecule has 0 amide bonds. The largest absolute Gasteiger partial charge is 0.321 e. The van der Waals surface area contributed by atoms with Gasteiger partial charge in [-0.25, -0.2) is 13.2 Å².